The molecular weight excluding hydrogens is 268 g/mol. The highest BCUT2D eigenvalue weighted by Crippen LogP contribution is 2.32. The van der Waals surface area contributed by atoms with Crippen LogP contribution in [0.4, 0.5) is 0 Å². The van der Waals surface area contributed by atoms with Gasteiger partial charge in [0, 0.05) is 8.29 Å². The van der Waals surface area contributed by atoms with E-state index in [1.54, 1.807) is 0 Å². The molecule has 0 N–H and O–H groups in total. The lowest BCUT2D eigenvalue weighted by atomic mass is 9.96. The third-order valence-corrected chi connectivity index (χ3v) is 4.21. The Labute approximate surface area is 133 Å². The number of para-hydroxylation sites is 1. The molecule has 22 heavy (non-hydrogen) atoms. The van der Waals surface area contributed by atoms with E-state index in [0.29, 0.717) is 6.30 Å². The summed E-state index contributed by atoms with van der Waals surface area (Å²) in [6.45, 7) is 4.04. The smallest absolute Gasteiger partial charge is 0.205 e. The molecular formula is C20H19N2+. The van der Waals surface area contributed by atoms with Crippen LogP contribution >= 0.6 is 0 Å². The van der Waals surface area contributed by atoms with E-state index in [2.05, 4.69) is 0 Å². The Kier molecular flexibility index (Phi) is 2.50. The van der Waals surface area contributed by atoms with Gasteiger partial charge in [0.2, 0.25) is 0 Å². The van der Waals surface area contributed by atoms with E-state index in [1.807, 2.05) is 89.9 Å². The predicted molar refractivity (Wildman–Crippen MR) is 89.1 cm³/mol. The summed E-state index contributed by atoms with van der Waals surface area (Å²) in [4.78, 5) is 0. The molecule has 0 spiro atoms. The molecule has 1 aliphatic rings. The molecule has 3 aromatic rings. The number of allylic oxidation sites excluding steroid dienone is 1. The Balaban J connectivity index is 1.98. The van der Waals surface area contributed by atoms with E-state index in [-0.39, 0.29) is 0 Å². The van der Waals surface area contributed by atoms with Crippen molar-refractivity contribution < 1.29 is 7.31 Å². The Morgan fingerprint density at radius 3 is 2.55 bits per heavy atom. The minimum absolute atomic E-state index is 0.373. The van der Waals surface area contributed by atoms with Gasteiger partial charge in [-0.05, 0) is 30.2 Å². The average molecular weight is 289 g/mol. The largest absolute Gasteiger partial charge is 0.254 e. The Hall–Kier alpha value is -2.61. The summed E-state index contributed by atoms with van der Waals surface area (Å²) >= 11 is 0. The second-order valence-electron chi connectivity index (χ2n) is 5.62. The first kappa shape index (κ1) is 11.0. The van der Waals surface area contributed by atoms with Crippen LogP contribution in [0.25, 0.3) is 11.9 Å². The molecule has 1 atom stereocenters. The van der Waals surface area contributed by atoms with E-state index in [4.69, 9.17) is 2.74 Å². The number of hydrogen-bond acceptors (Lipinski definition) is 0. The van der Waals surface area contributed by atoms with Gasteiger partial charge < -0.3 is 0 Å². The van der Waals surface area contributed by atoms with E-state index in [9.17, 15) is 0 Å². The van der Waals surface area contributed by atoms with Gasteiger partial charge in [-0.3, -0.25) is 0 Å². The van der Waals surface area contributed by atoms with Gasteiger partial charge in [-0.15, -0.1) is 0 Å². The molecule has 1 aliphatic heterocycles. The van der Waals surface area contributed by atoms with Crippen molar-refractivity contribution in [3.63, 3.8) is 0 Å². The lowest BCUT2D eigenvalue weighted by Gasteiger charge is -2.07. The molecule has 2 nitrogen and oxygen atoms in total. The van der Waals surface area contributed by atoms with Crippen LogP contribution in [0.1, 0.15) is 31.2 Å². The first-order valence-electron chi connectivity index (χ1n) is 8.49. The van der Waals surface area contributed by atoms with E-state index in [1.165, 1.54) is 0 Å². The first-order chi connectivity index (χ1) is 11.5. The molecule has 0 amide bonds. The Morgan fingerprint density at radius 2 is 1.77 bits per heavy atom. The van der Waals surface area contributed by atoms with Gasteiger partial charge in [0.25, 0.3) is 6.30 Å². The second-order valence-corrected chi connectivity index (χ2v) is 5.62. The summed E-state index contributed by atoms with van der Waals surface area (Å²) < 4.78 is 21.4. The Morgan fingerprint density at radius 1 is 1.05 bits per heavy atom. The minimum atomic E-state index is -0.963. The van der Waals surface area contributed by atoms with Crippen molar-refractivity contribution in [2.75, 3.05) is 0 Å². The van der Waals surface area contributed by atoms with E-state index < -0.39 is 5.89 Å². The molecule has 0 bridgehead atoms. The summed E-state index contributed by atoms with van der Waals surface area (Å²) in [7, 11) is 0. The maximum atomic E-state index is 9.07. The molecule has 2 aromatic carbocycles. The van der Waals surface area contributed by atoms with Crippen LogP contribution in [0, 0.1) is 13.8 Å². The van der Waals surface area contributed by atoms with Crippen molar-refractivity contribution >= 4 is 6.20 Å². The lowest BCUT2D eigenvalue weighted by molar-refractivity contribution is -0.602. The number of hydrogen-bond donors (Lipinski definition) is 0. The Bertz CT molecular complexity index is 957. The zero-order chi connectivity index (χ0) is 16.9. The molecule has 4 rings (SSSR count). The van der Waals surface area contributed by atoms with E-state index >= 15 is 0 Å². The summed E-state index contributed by atoms with van der Waals surface area (Å²) in [5.74, 6) is -0.963. The first-order valence-corrected chi connectivity index (χ1v) is 7.49. The van der Waals surface area contributed by atoms with Gasteiger partial charge in [0.05, 0.1) is 12.1 Å². The quantitative estimate of drug-likeness (QED) is 0.631. The molecule has 1 unspecified atom stereocenters. The van der Waals surface area contributed by atoms with Crippen molar-refractivity contribution in [2.45, 2.75) is 19.7 Å². The van der Waals surface area contributed by atoms with E-state index in [0.717, 1.165) is 28.2 Å². The number of aryl methyl sites for hydroxylation is 1. The van der Waals surface area contributed by atoms with Gasteiger partial charge in [-0.1, -0.05) is 48.5 Å². The summed E-state index contributed by atoms with van der Waals surface area (Å²) in [5, 5.41) is 0. The summed E-state index contributed by atoms with van der Waals surface area (Å²) in [6, 6.07) is 17.9. The monoisotopic (exact) mass is 289 g/mol. The summed E-state index contributed by atoms with van der Waals surface area (Å²) in [5.41, 5.74) is 4.78. The highest BCUT2D eigenvalue weighted by atomic mass is 15.2. The lowest BCUT2D eigenvalue weighted by Crippen LogP contribution is -2.32. The fourth-order valence-corrected chi connectivity index (χ4v) is 3.07. The number of imidazole rings is 1. The SMILES string of the molecule is [2H]c1n2c(c(C)[n+]1-c1ccccc1C)C([2H])(c1ccccc1)C=C2. The highest BCUT2D eigenvalue weighted by molar-refractivity contribution is 5.48. The van der Waals surface area contributed by atoms with Gasteiger partial charge in [0.1, 0.15) is 11.4 Å². The van der Waals surface area contributed by atoms with Crippen LogP contribution in [0.3, 0.4) is 0 Å². The van der Waals surface area contributed by atoms with Crippen molar-refractivity contribution in [1.82, 2.24) is 4.57 Å². The third-order valence-electron chi connectivity index (χ3n) is 4.21. The number of benzene rings is 2. The molecule has 0 saturated carbocycles. The molecule has 108 valence electrons. The van der Waals surface area contributed by atoms with Crippen LogP contribution in [-0.2, 0) is 0 Å². The molecule has 0 saturated heterocycles. The molecule has 1 aromatic heterocycles. The maximum Gasteiger partial charge on any atom is 0.254 e. The van der Waals surface area contributed by atoms with Crippen molar-refractivity contribution in [3.8, 4) is 5.69 Å². The van der Waals surface area contributed by atoms with Crippen molar-refractivity contribution in [3.05, 3.63) is 89.5 Å². The number of fused-ring (bicyclic) bond motifs is 1. The maximum absolute atomic E-state index is 9.07. The molecule has 0 radical (unpaired) electrons. The van der Waals surface area contributed by atoms with Gasteiger partial charge in [-0.25, -0.2) is 4.57 Å². The zero-order valence-electron chi connectivity index (χ0n) is 14.7. The minimum Gasteiger partial charge on any atom is -0.205 e. The fraction of sp³-hybridized carbons (Fsp3) is 0.150. The van der Waals surface area contributed by atoms with Crippen LogP contribution in [0.5, 0.6) is 0 Å². The van der Waals surface area contributed by atoms with Crippen LogP contribution < -0.4 is 4.57 Å². The van der Waals surface area contributed by atoms with Gasteiger partial charge >= 0.3 is 0 Å². The molecule has 0 fully saturated rings. The standard InChI is InChI=1S/C20H19N2/c1-15-8-6-7-11-19(15)22-14-21-13-12-18(20(21)16(22)2)17-9-4-3-5-10-17/h3-14,18H,1-2H3/q+1/i14D,18D. The predicted octanol–water partition coefficient (Wildman–Crippen LogP) is 4.00. The van der Waals surface area contributed by atoms with Gasteiger partial charge in [0.15, 0.2) is 7.06 Å². The van der Waals surface area contributed by atoms with Crippen LogP contribution in [0.15, 0.2) is 67.0 Å². The summed E-state index contributed by atoms with van der Waals surface area (Å²) in [6.07, 6.45) is 4.09. The normalized spacial score (nSPS) is 20.6. The average Bonchev–Trinajstić information content (AvgIpc) is 3.07. The fourth-order valence-electron chi connectivity index (χ4n) is 3.07. The number of aromatic nitrogens is 2. The van der Waals surface area contributed by atoms with Crippen LogP contribution in [-0.4, -0.2) is 4.57 Å². The molecule has 0 aliphatic carbocycles. The molecule has 2 heteroatoms. The van der Waals surface area contributed by atoms with Gasteiger partial charge in [-0.2, -0.15) is 4.57 Å². The number of rotatable bonds is 2. The zero-order valence-corrected chi connectivity index (χ0v) is 12.7. The number of nitrogens with zero attached hydrogens (tertiary/aromatic N) is 2. The van der Waals surface area contributed by atoms with Crippen molar-refractivity contribution in [1.29, 1.82) is 0 Å². The topological polar surface area (TPSA) is 8.81 Å². The van der Waals surface area contributed by atoms with Crippen LogP contribution in [0.2, 0.25) is 0 Å². The second kappa shape index (κ2) is 4.99. The molecule has 2 heterocycles. The van der Waals surface area contributed by atoms with Crippen molar-refractivity contribution in [2.24, 2.45) is 0 Å². The third kappa shape index (κ3) is 1.92. The highest BCUT2D eigenvalue weighted by Gasteiger charge is 2.31.